The molecule has 2 aliphatic rings. The molecule has 1 aliphatic carbocycles. The summed E-state index contributed by atoms with van der Waals surface area (Å²) in [6, 6.07) is 4.36. The Morgan fingerprint density at radius 3 is 2.70 bits per heavy atom. The van der Waals surface area contributed by atoms with Crippen molar-refractivity contribution in [3.05, 3.63) is 30.1 Å². The molecular weight excluding hydrogens is 250 g/mol. The fourth-order valence-corrected chi connectivity index (χ4v) is 2.86. The van der Waals surface area contributed by atoms with E-state index in [1.807, 2.05) is 12.1 Å². The molecule has 0 spiro atoms. The van der Waals surface area contributed by atoms with Crippen LogP contribution in [0.25, 0.3) is 0 Å². The summed E-state index contributed by atoms with van der Waals surface area (Å²) in [5.74, 6) is 1.01. The third kappa shape index (κ3) is 3.79. The van der Waals surface area contributed by atoms with Crippen molar-refractivity contribution in [2.45, 2.75) is 38.1 Å². The van der Waals surface area contributed by atoms with Gasteiger partial charge in [0.1, 0.15) is 0 Å². The topological polar surface area (TPSA) is 45.2 Å². The van der Waals surface area contributed by atoms with Crippen molar-refractivity contribution >= 4 is 5.91 Å². The maximum absolute atomic E-state index is 12.5. The van der Waals surface area contributed by atoms with Gasteiger partial charge in [0.2, 0.25) is 5.91 Å². The van der Waals surface area contributed by atoms with Gasteiger partial charge in [-0.1, -0.05) is 0 Å². The van der Waals surface area contributed by atoms with Crippen LogP contribution in [0.1, 0.15) is 31.2 Å². The van der Waals surface area contributed by atoms with E-state index in [0.717, 1.165) is 31.1 Å². The van der Waals surface area contributed by atoms with Gasteiger partial charge in [0.25, 0.3) is 0 Å². The van der Waals surface area contributed by atoms with E-state index in [-0.39, 0.29) is 5.91 Å². The van der Waals surface area contributed by atoms with Crippen LogP contribution < -0.4 is 5.32 Å². The minimum absolute atomic E-state index is 0.261. The molecule has 0 aromatic carbocycles. The van der Waals surface area contributed by atoms with Gasteiger partial charge in [0.15, 0.2) is 0 Å². The van der Waals surface area contributed by atoms with Gasteiger partial charge in [-0.3, -0.25) is 9.78 Å². The SMILES string of the molecule is O=C(Cc1ccncc1)N(CC1CC1)CC1CCCN1. The lowest BCUT2D eigenvalue weighted by atomic mass is 10.1. The molecule has 0 radical (unpaired) electrons. The normalized spacial score (nSPS) is 21.9. The zero-order chi connectivity index (χ0) is 13.8. The molecule has 1 saturated heterocycles. The molecule has 4 nitrogen and oxygen atoms in total. The van der Waals surface area contributed by atoms with Gasteiger partial charge in [0.05, 0.1) is 6.42 Å². The molecule has 20 heavy (non-hydrogen) atoms. The largest absolute Gasteiger partial charge is 0.341 e. The fraction of sp³-hybridized carbons (Fsp3) is 0.625. The van der Waals surface area contributed by atoms with Crippen molar-refractivity contribution in [3.63, 3.8) is 0 Å². The predicted molar refractivity (Wildman–Crippen MR) is 78.3 cm³/mol. The Balaban J connectivity index is 1.59. The van der Waals surface area contributed by atoms with Gasteiger partial charge in [-0.2, -0.15) is 0 Å². The fourth-order valence-electron chi connectivity index (χ4n) is 2.86. The van der Waals surface area contributed by atoms with Crippen molar-refractivity contribution in [2.24, 2.45) is 5.92 Å². The Morgan fingerprint density at radius 1 is 1.25 bits per heavy atom. The first-order valence-electron chi connectivity index (χ1n) is 7.71. The van der Waals surface area contributed by atoms with Crippen LogP contribution in [0.4, 0.5) is 0 Å². The molecule has 2 fully saturated rings. The Hall–Kier alpha value is -1.42. The first-order valence-corrected chi connectivity index (χ1v) is 7.71. The second-order valence-corrected chi connectivity index (χ2v) is 6.07. The van der Waals surface area contributed by atoms with E-state index in [1.165, 1.54) is 25.7 Å². The molecule has 4 heteroatoms. The third-order valence-corrected chi connectivity index (χ3v) is 4.24. The molecule has 1 aromatic heterocycles. The highest BCUT2D eigenvalue weighted by Crippen LogP contribution is 2.30. The minimum Gasteiger partial charge on any atom is -0.341 e. The number of nitrogens with zero attached hydrogens (tertiary/aromatic N) is 2. The number of nitrogens with one attached hydrogen (secondary N) is 1. The van der Waals surface area contributed by atoms with E-state index in [0.29, 0.717) is 12.5 Å². The molecule has 1 amide bonds. The monoisotopic (exact) mass is 273 g/mol. The standard InChI is InChI=1S/C16H23N3O/c20-16(10-13-5-8-17-9-6-13)19(11-14-3-4-14)12-15-2-1-7-18-15/h5-6,8-9,14-15,18H,1-4,7,10-12H2. The second-order valence-electron chi connectivity index (χ2n) is 6.07. The minimum atomic E-state index is 0.261. The van der Waals surface area contributed by atoms with Crippen molar-refractivity contribution in [3.8, 4) is 0 Å². The van der Waals surface area contributed by atoms with E-state index in [1.54, 1.807) is 12.4 Å². The number of amides is 1. The highest BCUT2D eigenvalue weighted by atomic mass is 16.2. The summed E-state index contributed by atoms with van der Waals surface area (Å²) >= 11 is 0. The predicted octanol–water partition coefficient (Wildman–Crippen LogP) is 1.61. The van der Waals surface area contributed by atoms with Crippen LogP contribution in [0, 0.1) is 5.92 Å². The number of aromatic nitrogens is 1. The van der Waals surface area contributed by atoms with E-state index in [9.17, 15) is 4.79 Å². The summed E-state index contributed by atoms with van der Waals surface area (Å²) in [5, 5.41) is 3.50. The maximum atomic E-state index is 12.5. The summed E-state index contributed by atoms with van der Waals surface area (Å²) in [6.45, 7) is 2.92. The Kier molecular flexibility index (Phi) is 4.31. The number of hydrogen-bond acceptors (Lipinski definition) is 3. The van der Waals surface area contributed by atoms with E-state index < -0.39 is 0 Å². The van der Waals surface area contributed by atoms with Crippen molar-refractivity contribution < 1.29 is 4.79 Å². The lowest BCUT2D eigenvalue weighted by Crippen LogP contribution is -2.42. The average molecular weight is 273 g/mol. The van der Waals surface area contributed by atoms with Crippen LogP contribution in [0.2, 0.25) is 0 Å². The first kappa shape index (κ1) is 13.6. The van der Waals surface area contributed by atoms with Crippen LogP contribution in [-0.2, 0) is 11.2 Å². The van der Waals surface area contributed by atoms with Crippen molar-refractivity contribution in [1.82, 2.24) is 15.2 Å². The maximum Gasteiger partial charge on any atom is 0.227 e. The molecule has 1 unspecified atom stereocenters. The van der Waals surface area contributed by atoms with Crippen LogP contribution in [0.3, 0.4) is 0 Å². The summed E-state index contributed by atoms with van der Waals surface area (Å²) < 4.78 is 0. The highest BCUT2D eigenvalue weighted by molar-refractivity contribution is 5.78. The quantitative estimate of drug-likeness (QED) is 0.856. The summed E-state index contributed by atoms with van der Waals surface area (Å²) in [4.78, 5) is 18.6. The Morgan fingerprint density at radius 2 is 2.05 bits per heavy atom. The zero-order valence-corrected chi connectivity index (χ0v) is 11.9. The molecule has 1 aromatic rings. The number of pyridine rings is 1. The first-order chi connectivity index (χ1) is 9.81. The number of carbonyl (C=O) groups excluding carboxylic acids is 1. The van der Waals surface area contributed by atoms with Crippen molar-refractivity contribution in [1.29, 1.82) is 0 Å². The number of rotatable bonds is 6. The van der Waals surface area contributed by atoms with Gasteiger partial charge >= 0.3 is 0 Å². The Labute approximate surface area is 120 Å². The highest BCUT2D eigenvalue weighted by Gasteiger charge is 2.28. The lowest BCUT2D eigenvalue weighted by Gasteiger charge is -2.26. The average Bonchev–Trinajstić information content (AvgIpc) is 3.13. The van der Waals surface area contributed by atoms with Crippen LogP contribution >= 0.6 is 0 Å². The van der Waals surface area contributed by atoms with Gasteiger partial charge < -0.3 is 10.2 Å². The van der Waals surface area contributed by atoms with Gasteiger partial charge in [-0.05, 0) is 55.8 Å². The van der Waals surface area contributed by atoms with Crippen LogP contribution in [0.5, 0.6) is 0 Å². The number of carbonyl (C=O) groups is 1. The van der Waals surface area contributed by atoms with Gasteiger partial charge in [-0.25, -0.2) is 0 Å². The van der Waals surface area contributed by atoms with E-state index >= 15 is 0 Å². The Bertz CT molecular complexity index is 438. The molecule has 1 N–H and O–H groups in total. The summed E-state index contributed by atoms with van der Waals surface area (Å²) in [6.07, 6.45) is 9.03. The molecule has 2 heterocycles. The van der Waals surface area contributed by atoms with Gasteiger partial charge in [-0.15, -0.1) is 0 Å². The summed E-state index contributed by atoms with van der Waals surface area (Å²) in [5.41, 5.74) is 1.06. The third-order valence-electron chi connectivity index (χ3n) is 4.24. The molecule has 1 saturated carbocycles. The lowest BCUT2D eigenvalue weighted by molar-refractivity contribution is -0.131. The van der Waals surface area contributed by atoms with E-state index in [4.69, 9.17) is 0 Å². The molecule has 108 valence electrons. The van der Waals surface area contributed by atoms with Gasteiger partial charge in [0, 0.05) is 31.5 Å². The van der Waals surface area contributed by atoms with Crippen LogP contribution in [0.15, 0.2) is 24.5 Å². The summed E-state index contributed by atoms with van der Waals surface area (Å²) in [7, 11) is 0. The second kappa shape index (κ2) is 6.35. The number of hydrogen-bond donors (Lipinski definition) is 1. The molecule has 0 bridgehead atoms. The zero-order valence-electron chi connectivity index (χ0n) is 11.9. The molecule has 1 aliphatic heterocycles. The smallest absolute Gasteiger partial charge is 0.227 e. The molecule has 3 rings (SSSR count). The van der Waals surface area contributed by atoms with Crippen molar-refractivity contribution in [2.75, 3.05) is 19.6 Å². The van der Waals surface area contributed by atoms with Crippen LogP contribution in [-0.4, -0.2) is 41.5 Å². The molecular formula is C16H23N3O. The molecule has 1 atom stereocenters. The van der Waals surface area contributed by atoms with E-state index in [2.05, 4.69) is 15.2 Å².